The minimum Gasteiger partial charge on any atom is -0.247 e. The van der Waals surface area contributed by atoms with Crippen LogP contribution in [0, 0.1) is 0 Å². The maximum Gasteiger partial charge on any atom is 0.164 e. The van der Waals surface area contributed by atoms with Gasteiger partial charge in [-0.05, 0) is 17.5 Å². The van der Waals surface area contributed by atoms with E-state index in [0.717, 1.165) is 33.5 Å². The van der Waals surface area contributed by atoms with Crippen molar-refractivity contribution in [3.63, 3.8) is 0 Å². The molecule has 0 saturated heterocycles. The highest BCUT2D eigenvalue weighted by molar-refractivity contribution is 7.27. The minimum atomic E-state index is 0.632. The summed E-state index contributed by atoms with van der Waals surface area (Å²) in [5.74, 6) is 1.93. The molecule has 0 N–H and O–H groups in total. The van der Waals surface area contributed by atoms with Gasteiger partial charge in [0.15, 0.2) is 17.5 Å². The summed E-state index contributed by atoms with van der Waals surface area (Å²) in [5, 5.41) is 8.66. The van der Waals surface area contributed by atoms with E-state index < -0.39 is 0 Å². The number of nitrogens with zero attached hydrogens (tertiary/aromatic N) is 4. The van der Waals surface area contributed by atoms with Gasteiger partial charge in [0.05, 0.1) is 11.2 Å². The Morgan fingerprint density at radius 3 is 1.47 bits per heavy atom. The van der Waals surface area contributed by atoms with Crippen LogP contribution in [-0.4, -0.2) is 19.9 Å². The number of hydrogen-bond donors (Lipinski definition) is 0. The van der Waals surface area contributed by atoms with E-state index in [0.29, 0.717) is 17.5 Å². The van der Waals surface area contributed by atoms with Crippen molar-refractivity contribution >= 4 is 64.0 Å². The molecule has 10 aromatic rings. The van der Waals surface area contributed by atoms with Crippen LogP contribution in [0.25, 0.3) is 98.0 Å². The number of fused-ring (bicyclic) bond motifs is 10. The highest BCUT2D eigenvalue weighted by Gasteiger charge is 2.21. The molecular weight excluding hydrogens is 617 g/mol. The lowest BCUT2D eigenvalue weighted by Gasteiger charge is -2.15. The first-order chi connectivity index (χ1) is 24.3. The number of hydrogen-bond acceptors (Lipinski definition) is 5. The Balaban J connectivity index is 1.22. The van der Waals surface area contributed by atoms with E-state index in [1.807, 2.05) is 72.0 Å². The van der Waals surface area contributed by atoms with Crippen LogP contribution in [0.3, 0.4) is 0 Å². The van der Waals surface area contributed by atoms with Gasteiger partial charge in [-0.15, -0.1) is 11.3 Å². The Labute approximate surface area is 286 Å². The molecule has 7 aromatic carbocycles. The zero-order chi connectivity index (χ0) is 32.3. The molecule has 0 amide bonds. The molecule has 0 atom stereocenters. The van der Waals surface area contributed by atoms with Crippen molar-refractivity contribution in [2.24, 2.45) is 0 Å². The fourth-order valence-corrected chi connectivity index (χ4v) is 8.29. The lowest BCUT2D eigenvalue weighted by molar-refractivity contribution is 1.07. The summed E-state index contributed by atoms with van der Waals surface area (Å²) in [4.78, 5) is 20.2. The molecule has 0 fully saturated rings. The van der Waals surface area contributed by atoms with Gasteiger partial charge in [-0.25, -0.2) is 19.9 Å². The second kappa shape index (κ2) is 11.2. The molecule has 0 bridgehead atoms. The molecule has 5 heteroatoms. The van der Waals surface area contributed by atoms with Gasteiger partial charge in [0.2, 0.25) is 0 Å². The molecule has 0 spiro atoms. The van der Waals surface area contributed by atoms with Gasteiger partial charge in [0.1, 0.15) is 0 Å². The second-order valence-corrected chi connectivity index (χ2v) is 13.2. The highest BCUT2D eigenvalue weighted by atomic mass is 32.1. The first-order valence-corrected chi connectivity index (χ1v) is 17.1. The van der Waals surface area contributed by atoms with E-state index in [2.05, 4.69) is 97.1 Å². The third-order valence-corrected chi connectivity index (χ3v) is 10.5. The molecule has 3 heterocycles. The summed E-state index contributed by atoms with van der Waals surface area (Å²) >= 11 is 1.86. The van der Waals surface area contributed by atoms with Crippen molar-refractivity contribution in [1.82, 2.24) is 19.9 Å². The SMILES string of the molecule is c1ccc(-c2nc(-c3ccccc3)nc(-c3ccc(-c4nc5ccccc5c5c6ccccc6c6sc7ccccc7c6c45)cc3)n2)cc1. The van der Waals surface area contributed by atoms with Gasteiger partial charge in [0, 0.05) is 64.0 Å². The van der Waals surface area contributed by atoms with Crippen molar-refractivity contribution in [3.8, 4) is 45.4 Å². The molecule has 0 unspecified atom stereocenters. The predicted molar refractivity (Wildman–Crippen MR) is 205 cm³/mol. The minimum absolute atomic E-state index is 0.632. The summed E-state index contributed by atoms with van der Waals surface area (Å²) in [6.07, 6.45) is 0. The first kappa shape index (κ1) is 27.8. The summed E-state index contributed by atoms with van der Waals surface area (Å²) < 4.78 is 2.58. The van der Waals surface area contributed by atoms with Crippen LogP contribution in [-0.2, 0) is 0 Å². The van der Waals surface area contributed by atoms with Crippen molar-refractivity contribution in [2.75, 3.05) is 0 Å². The van der Waals surface area contributed by atoms with Gasteiger partial charge in [0.25, 0.3) is 0 Å². The number of rotatable bonds is 4. The number of thiophene rings is 1. The summed E-state index contributed by atoms with van der Waals surface area (Å²) in [5.41, 5.74) is 5.83. The van der Waals surface area contributed by atoms with E-state index in [-0.39, 0.29) is 0 Å². The van der Waals surface area contributed by atoms with Crippen molar-refractivity contribution in [3.05, 3.63) is 158 Å². The molecule has 228 valence electrons. The van der Waals surface area contributed by atoms with E-state index >= 15 is 0 Å². The second-order valence-electron chi connectivity index (χ2n) is 12.2. The average Bonchev–Trinajstić information content (AvgIpc) is 3.58. The van der Waals surface area contributed by atoms with Gasteiger partial charge < -0.3 is 0 Å². The molecule has 0 saturated carbocycles. The summed E-state index contributed by atoms with van der Waals surface area (Å²) in [6, 6.07) is 54.8. The first-order valence-electron chi connectivity index (χ1n) is 16.3. The fraction of sp³-hybridized carbons (Fsp3) is 0. The van der Waals surface area contributed by atoms with Crippen LogP contribution < -0.4 is 0 Å². The van der Waals surface area contributed by atoms with E-state index in [1.54, 1.807) is 0 Å². The van der Waals surface area contributed by atoms with Crippen molar-refractivity contribution in [2.45, 2.75) is 0 Å². The summed E-state index contributed by atoms with van der Waals surface area (Å²) in [6.45, 7) is 0. The van der Waals surface area contributed by atoms with Crippen molar-refractivity contribution in [1.29, 1.82) is 0 Å². The monoisotopic (exact) mass is 642 g/mol. The molecule has 4 nitrogen and oxygen atoms in total. The molecule has 49 heavy (non-hydrogen) atoms. The third-order valence-electron chi connectivity index (χ3n) is 9.29. The Hall–Kier alpha value is -6.30. The van der Waals surface area contributed by atoms with Crippen LogP contribution in [0.15, 0.2) is 158 Å². The third kappa shape index (κ3) is 4.51. The van der Waals surface area contributed by atoms with E-state index in [4.69, 9.17) is 19.9 Å². The number of pyridine rings is 1. The topological polar surface area (TPSA) is 51.6 Å². The van der Waals surface area contributed by atoms with Gasteiger partial charge in [-0.1, -0.05) is 146 Å². The number of benzene rings is 7. The van der Waals surface area contributed by atoms with Crippen LogP contribution in [0.1, 0.15) is 0 Å². The Morgan fingerprint density at radius 1 is 0.327 bits per heavy atom. The zero-order valence-electron chi connectivity index (χ0n) is 26.2. The average molecular weight is 643 g/mol. The Morgan fingerprint density at radius 2 is 0.816 bits per heavy atom. The molecule has 0 aliphatic heterocycles. The lowest BCUT2D eigenvalue weighted by atomic mass is 9.91. The number of para-hydroxylation sites is 1. The van der Waals surface area contributed by atoms with Crippen LogP contribution in [0.4, 0.5) is 0 Å². The zero-order valence-corrected chi connectivity index (χ0v) is 27.0. The van der Waals surface area contributed by atoms with Crippen LogP contribution in [0.5, 0.6) is 0 Å². The number of aromatic nitrogens is 4. The maximum absolute atomic E-state index is 5.39. The Kier molecular flexibility index (Phi) is 6.32. The smallest absolute Gasteiger partial charge is 0.164 e. The normalized spacial score (nSPS) is 11.7. The highest BCUT2D eigenvalue weighted by Crippen LogP contribution is 2.48. The standard InChI is InChI=1S/C44H26N4S/c1-3-13-28(14-4-1)42-46-43(29-15-5-2-6-16-29)48-44(47-42)30-25-23-27(24-26-30)40-39-37(33-19-9-11-21-35(33)45-40)31-17-7-8-18-32(31)41-38(39)34-20-10-12-22-36(34)49-41/h1-26H. The fourth-order valence-electron chi connectivity index (χ4n) is 7.04. The molecule has 3 aromatic heterocycles. The summed E-state index contributed by atoms with van der Waals surface area (Å²) in [7, 11) is 0. The van der Waals surface area contributed by atoms with Crippen LogP contribution >= 0.6 is 11.3 Å². The molecule has 0 aliphatic rings. The predicted octanol–water partition coefficient (Wildman–Crippen LogP) is 11.8. The molecule has 10 rings (SSSR count). The molecular formula is C44H26N4S. The largest absolute Gasteiger partial charge is 0.247 e. The van der Waals surface area contributed by atoms with Crippen LogP contribution in [0.2, 0.25) is 0 Å². The lowest BCUT2D eigenvalue weighted by Crippen LogP contribution is -2.00. The quantitative estimate of drug-likeness (QED) is 0.179. The molecule has 0 radical (unpaired) electrons. The molecule has 0 aliphatic carbocycles. The van der Waals surface area contributed by atoms with Gasteiger partial charge in [-0.2, -0.15) is 0 Å². The Bertz CT molecular complexity index is 2800. The van der Waals surface area contributed by atoms with Crippen molar-refractivity contribution < 1.29 is 0 Å². The van der Waals surface area contributed by atoms with E-state index in [1.165, 1.54) is 47.1 Å². The van der Waals surface area contributed by atoms with E-state index in [9.17, 15) is 0 Å². The maximum atomic E-state index is 5.39. The van der Waals surface area contributed by atoms with Gasteiger partial charge >= 0.3 is 0 Å². The van der Waals surface area contributed by atoms with Gasteiger partial charge in [-0.3, -0.25) is 0 Å².